The first-order valence-corrected chi connectivity index (χ1v) is 5.57. The molecule has 0 aliphatic rings. The number of hydrogen-bond donors (Lipinski definition) is 2. The summed E-state index contributed by atoms with van der Waals surface area (Å²) in [5.74, 6) is -2.03. The molecule has 0 amide bonds. The van der Waals surface area contributed by atoms with Crippen LogP contribution in [0.25, 0.3) is 0 Å². The van der Waals surface area contributed by atoms with E-state index in [1.54, 1.807) is 13.0 Å². The Hall–Kier alpha value is -2.38. The molecular formula is C12H12F3N3O2. The minimum absolute atomic E-state index is 0.225. The molecule has 3 N–H and O–H groups in total. The van der Waals surface area contributed by atoms with E-state index in [9.17, 15) is 18.0 Å². The van der Waals surface area contributed by atoms with E-state index in [-0.39, 0.29) is 5.82 Å². The Bertz CT molecular complexity index is 565. The second kappa shape index (κ2) is 6.18. The average molecular weight is 287 g/mol. The molecule has 0 fully saturated rings. The molecule has 1 rings (SSSR count). The van der Waals surface area contributed by atoms with Gasteiger partial charge in [-0.25, -0.2) is 14.8 Å². The number of hydrogen-bond acceptors (Lipinski definition) is 4. The van der Waals surface area contributed by atoms with Crippen molar-refractivity contribution in [2.45, 2.75) is 19.5 Å². The van der Waals surface area contributed by atoms with E-state index in [1.165, 1.54) is 12.1 Å². The van der Waals surface area contributed by atoms with Gasteiger partial charge in [0.05, 0.1) is 0 Å². The molecule has 0 aliphatic heterocycles. The zero-order valence-corrected chi connectivity index (χ0v) is 10.5. The van der Waals surface area contributed by atoms with Gasteiger partial charge in [0.1, 0.15) is 5.57 Å². The molecule has 8 heteroatoms. The Kier molecular flexibility index (Phi) is 4.84. The third kappa shape index (κ3) is 3.81. The fourth-order valence-corrected chi connectivity index (χ4v) is 1.37. The molecule has 0 saturated carbocycles. The molecule has 108 valence electrons. The van der Waals surface area contributed by atoms with Gasteiger partial charge in [-0.05, 0) is 18.6 Å². The van der Waals surface area contributed by atoms with Gasteiger partial charge >= 0.3 is 12.1 Å². The molecule has 0 radical (unpaired) electrons. The number of aliphatic carboxylic acids is 1. The first kappa shape index (κ1) is 15.7. The number of nitrogens with zero attached hydrogens (tertiary/aromatic N) is 2. The fraction of sp³-hybridized carbons (Fsp3) is 0.250. The molecule has 0 aromatic carbocycles. The second-order valence-corrected chi connectivity index (χ2v) is 3.68. The zero-order chi connectivity index (χ0) is 15.3. The van der Waals surface area contributed by atoms with Crippen LogP contribution >= 0.6 is 0 Å². The summed E-state index contributed by atoms with van der Waals surface area (Å²) < 4.78 is 38.6. The van der Waals surface area contributed by atoms with Gasteiger partial charge in [-0.2, -0.15) is 13.2 Å². The number of aryl methyl sites for hydroxylation is 1. The van der Waals surface area contributed by atoms with E-state index in [0.717, 1.165) is 0 Å². The number of carbonyl (C=O) groups is 1. The van der Waals surface area contributed by atoms with E-state index >= 15 is 0 Å². The van der Waals surface area contributed by atoms with Crippen LogP contribution in [0, 0.1) is 0 Å². The zero-order valence-electron chi connectivity index (χ0n) is 10.5. The van der Waals surface area contributed by atoms with Crippen LogP contribution in [-0.4, -0.2) is 27.9 Å². The van der Waals surface area contributed by atoms with E-state index in [4.69, 9.17) is 10.8 Å². The molecule has 5 nitrogen and oxygen atoms in total. The average Bonchev–Trinajstić information content (AvgIpc) is 2.37. The lowest BCUT2D eigenvalue weighted by molar-refractivity contribution is -0.132. The topological polar surface area (TPSA) is 88.6 Å². The predicted octanol–water partition coefficient (Wildman–Crippen LogP) is 2.21. The van der Waals surface area contributed by atoms with Crippen LogP contribution in [0.5, 0.6) is 0 Å². The van der Waals surface area contributed by atoms with Crippen molar-refractivity contribution in [3.63, 3.8) is 0 Å². The first-order chi connectivity index (χ1) is 9.29. The number of nitrogens with two attached hydrogens (primary N) is 1. The van der Waals surface area contributed by atoms with Crippen LogP contribution in [0.3, 0.4) is 0 Å². The van der Waals surface area contributed by atoms with Crippen LogP contribution in [0.1, 0.15) is 12.6 Å². The standard InChI is InChI=1S/C12H12F3N3O2/c1-2-7-4-3-5-9(17-7)18-10(12(13,14)15)8(6-16)11(19)20/h3-6H,2,16H2,1H3,(H,19,20)/b8-6+,18-10-. The molecule has 0 bridgehead atoms. The summed E-state index contributed by atoms with van der Waals surface area (Å²) in [6.45, 7) is 1.78. The number of pyridine rings is 1. The van der Waals surface area contributed by atoms with E-state index in [1.807, 2.05) is 0 Å². The van der Waals surface area contributed by atoms with Gasteiger partial charge in [0.15, 0.2) is 11.5 Å². The number of carboxylic acids is 1. The summed E-state index contributed by atoms with van der Waals surface area (Å²) in [4.78, 5) is 17.9. The number of carboxylic acid groups (broad SMARTS) is 1. The highest BCUT2D eigenvalue weighted by Crippen LogP contribution is 2.25. The second-order valence-electron chi connectivity index (χ2n) is 3.68. The lowest BCUT2D eigenvalue weighted by Crippen LogP contribution is -2.29. The monoisotopic (exact) mass is 287 g/mol. The number of alkyl halides is 3. The largest absolute Gasteiger partial charge is 0.478 e. The summed E-state index contributed by atoms with van der Waals surface area (Å²) >= 11 is 0. The van der Waals surface area contributed by atoms with Crippen LogP contribution in [-0.2, 0) is 11.2 Å². The Morgan fingerprint density at radius 1 is 1.50 bits per heavy atom. The van der Waals surface area contributed by atoms with Crippen molar-refractivity contribution in [2.75, 3.05) is 0 Å². The minimum Gasteiger partial charge on any atom is -0.478 e. The Morgan fingerprint density at radius 3 is 2.60 bits per heavy atom. The van der Waals surface area contributed by atoms with Crippen molar-refractivity contribution >= 4 is 17.5 Å². The Balaban J connectivity index is 3.37. The van der Waals surface area contributed by atoms with Crippen molar-refractivity contribution in [3.8, 4) is 0 Å². The normalized spacial score (nSPS) is 13.4. The smallest absolute Gasteiger partial charge is 0.434 e. The van der Waals surface area contributed by atoms with Crippen molar-refractivity contribution in [2.24, 2.45) is 10.7 Å². The third-order valence-corrected chi connectivity index (χ3v) is 2.30. The lowest BCUT2D eigenvalue weighted by atomic mass is 10.1. The minimum atomic E-state index is -4.95. The van der Waals surface area contributed by atoms with Crippen molar-refractivity contribution in [1.29, 1.82) is 0 Å². The molecule has 1 heterocycles. The molecule has 20 heavy (non-hydrogen) atoms. The Morgan fingerprint density at radius 2 is 2.15 bits per heavy atom. The SMILES string of the molecule is CCc1cccc(/N=C(/C(=C\N)C(=O)O)C(F)(F)F)n1. The molecule has 0 unspecified atom stereocenters. The van der Waals surface area contributed by atoms with E-state index in [2.05, 4.69) is 9.98 Å². The van der Waals surface area contributed by atoms with Gasteiger partial charge in [0, 0.05) is 11.9 Å². The van der Waals surface area contributed by atoms with Crippen LogP contribution < -0.4 is 5.73 Å². The summed E-state index contributed by atoms with van der Waals surface area (Å²) in [7, 11) is 0. The third-order valence-electron chi connectivity index (χ3n) is 2.30. The van der Waals surface area contributed by atoms with Crippen molar-refractivity contribution in [3.05, 3.63) is 35.7 Å². The highest BCUT2D eigenvalue weighted by Gasteiger charge is 2.40. The van der Waals surface area contributed by atoms with Crippen LogP contribution in [0.15, 0.2) is 35.0 Å². The molecule has 0 atom stereocenters. The van der Waals surface area contributed by atoms with Gasteiger partial charge in [0.25, 0.3) is 0 Å². The number of rotatable bonds is 4. The Labute approximate surface area is 112 Å². The van der Waals surface area contributed by atoms with Crippen molar-refractivity contribution < 1.29 is 23.1 Å². The maximum atomic E-state index is 12.9. The highest BCUT2D eigenvalue weighted by atomic mass is 19.4. The summed E-state index contributed by atoms with van der Waals surface area (Å²) in [5.41, 5.74) is 2.77. The van der Waals surface area contributed by atoms with Gasteiger partial charge in [-0.15, -0.1) is 0 Å². The maximum absolute atomic E-state index is 12.9. The lowest BCUT2D eigenvalue weighted by Gasteiger charge is -2.10. The summed E-state index contributed by atoms with van der Waals surface area (Å²) in [5, 5.41) is 8.74. The molecule has 0 saturated heterocycles. The van der Waals surface area contributed by atoms with Crippen molar-refractivity contribution in [1.82, 2.24) is 4.98 Å². The van der Waals surface area contributed by atoms with E-state index < -0.39 is 23.4 Å². The summed E-state index contributed by atoms with van der Waals surface area (Å²) in [6.07, 6.45) is -4.07. The van der Waals surface area contributed by atoms with E-state index in [0.29, 0.717) is 18.3 Å². The fourth-order valence-electron chi connectivity index (χ4n) is 1.37. The maximum Gasteiger partial charge on any atom is 0.434 e. The number of halogens is 3. The van der Waals surface area contributed by atoms with Gasteiger partial charge in [-0.1, -0.05) is 13.0 Å². The first-order valence-electron chi connectivity index (χ1n) is 5.57. The molecule has 1 aromatic rings. The number of aromatic nitrogens is 1. The van der Waals surface area contributed by atoms with Crippen LogP contribution in [0.2, 0.25) is 0 Å². The molecule has 1 aromatic heterocycles. The van der Waals surface area contributed by atoms with Crippen LogP contribution in [0.4, 0.5) is 19.0 Å². The summed E-state index contributed by atoms with van der Waals surface area (Å²) in [6, 6.07) is 4.37. The predicted molar refractivity (Wildman–Crippen MR) is 66.7 cm³/mol. The molecule has 0 spiro atoms. The number of aliphatic imine (C=N–C) groups is 1. The molecule has 0 aliphatic carbocycles. The van der Waals surface area contributed by atoms with Gasteiger partial charge in [0.2, 0.25) is 0 Å². The van der Waals surface area contributed by atoms with Gasteiger partial charge < -0.3 is 10.8 Å². The van der Waals surface area contributed by atoms with Gasteiger partial charge in [-0.3, -0.25) is 0 Å². The molecular weight excluding hydrogens is 275 g/mol. The quantitative estimate of drug-likeness (QED) is 0.656. The highest BCUT2D eigenvalue weighted by molar-refractivity contribution is 6.21.